The molecule has 2 amide bonds. The van der Waals surface area contributed by atoms with Crippen molar-refractivity contribution >= 4 is 23.1 Å². The van der Waals surface area contributed by atoms with Crippen molar-refractivity contribution in [1.82, 2.24) is 14.8 Å². The zero-order valence-electron chi connectivity index (χ0n) is 20.6. The van der Waals surface area contributed by atoms with Crippen molar-refractivity contribution in [2.24, 2.45) is 5.92 Å². The molecule has 0 saturated heterocycles. The van der Waals surface area contributed by atoms with Crippen molar-refractivity contribution in [2.45, 2.75) is 52.6 Å². The van der Waals surface area contributed by atoms with E-state index in [0.717, 1.165) is 38.9 Å². The molecule has 34 heavy (non-hydrogen) atoms. The second-order valence-electron chi connectivity index (χ2n) is 9.25. The van der Waals surface area contributed by atoms with Crippen LogP contribution in [0.5, 0.6) is 5.75 Å². The van der Waals surface area contributed by atoms with Gasteiger partial charge in [-0.2, -0.15) is 0 Å². The van der Waals surface area contributed by atoms with E-state index in [1.807, 2.05) is 35.6 Å². The Morgan fingerprint density at radius 3 is 2.62 bits per heavy atom. The lowest BCUT2D eigenvalue weighted by molar-refractivity contribution is 0.246. The average Bonchev–Trinajstić information content (AvgIpc) is 3.49. The van der Waals surface area contributed by atoms with Crippen molar-refractivity contribution < 1.29 is 9.53 Å². The summed E-state index contributed by atoms with van der Waals surface area (Å²) in [6.07, 6.45) is 7.16. The number of nitrogens with zero attached hydrogens (tertiary/aromatic N) is 2. The summed E-state index contributed by atoms with van der Waals surface area (Å²) in [4.78, 5) is 17.1. The molecule has 3 aromatic rings. The number of rotatable bonds is 9. The van der Waals surface area contributed by atoms with Gasteiger partial charge in [0.05, 0.1) is 18.8 Å². The van der Waals surface area contributed by atoms with Crippen LogP contribution in [0.15, 0.2) is 48.8 Å². The molecule has 7 heteroatoms. The van der Waals surface area contributed by atoms with E-state index in [1.54, 1.807) is 7.11 Å². The fourth-order valence-corrected chi connectivity index (χ4v) is 6.03. The van der Waals surface area contributed by atoms with Gasteiger partial charge < -0.3 is 19.9 Å². The summed E-state index contributed by atoms with van der Waals surface area (Å²) < 4.78 is 7.62. The molecule has 0 spiro atoms. The highest BCUT2D eigenvalue weighted by Gasteiger charge is 2.30. The number of hydrogen-bond donors (Lipinski definition) is 2. The maximum Gasteiger partial charge on any atom is 0.319 e. The van der Waals surface area contributed by atoms with E-state index in [4.69, 9.17) is 4.74 Å². The summed E-state index contributed by atoms with van der Waals surface area (Å²) in [7, 11) is 1.62. The van der Waals surface area contributed by atoms with Crippen molar-refractivity contribution in [3.8, 4) is 10.8 Å². The number of hydrogen-bond acceptors (Lipinski definition) is 4. The molecular formula is C27H36N4O2S. The van der Waals surface area contributed by atoms with Gasteiger partial charge in [0.1, 0.15) is 10.8 Å². The first kappa shape index (κ1) is 24.4. The Morgan fingerprint density at radius 2 is 1.91 bits per heavy atom. The largest absolute Gasteiger partial charge is 0.495 e. The maximum atomic E-state index is 13.2. The van der Waals surface area contributed by atoms with Crippen LogP contribution in [0.3, 0.4) is 0 Å². The number of thiophene rings is 1. The quantitative estimate of drug-likeness (QED) is 0.382. The summed E-state index contributed by atoms with van der Waals surface area (Å²) >= 11 is 1.87. The number of amides is 2. The summed E-state index contributed by atoms with van der Waals surface area (Å²) in [5.74, 6) is 1.21. The second kappa shape index (κ2) is 11.1. The predicted molar refractivity (Wildman–Crippen MR) is 140 cm³/mol. The summed E-state index contributed by atoms with van der Waals surface area (Å²) in [5.41, 5.74) is 3.37. The minimum atomic E-state index is -0.206. The molecule has 0 bridgehead atoms. The van der Waals surface area contributed by atoms with Gasteiger partial charge in [0, 0.05) is 35.9 Å². The molecule has 0 aliphatic carbocycles. The third-order valence-corrected chi connectivity index (χ3v) is 7.73. The zero-order chi connectivity index (χ0) is 24.1. The first-order valence-electron chi connectivity index (χ1n) is 12.2. The van der Waals surface area contributed by atoms with Crippen molar-refractivity contribution in [1.29, 1.82) is 0 Å². The molecule has 0 saturated carbocycles. The summed E-state index contributed by atoms with van der Waals surface area (Å²) in [6, 6.07) is 11.4. The van der Waals surface area contributed by atoms with E-state index in [-0.39, 0.29) is 12.1 Å². The molecule has 0 fully saturated rings. The molecule has 2 N–H and O–H groups in total. The molecule has 1 atom stereocenters. The third-order valence-electron chi connectivity index (χ3n) is 6.49. The van der Waals surface area contributed by atoms with Crippen LogP contribution < -0.4 is 15.4 Å². The highest BCUT2D eigenvalue weighted by Crippen LogP contribution is 2.41. The Kier molecular flexibility index (Phi) is 7.95. The van der Waals surface area contributed by atoms with Crippen molar-refractivity contribution in [3.63, 3.8) is 0 Å². The van der Waals surface area contributed by atoms with Crippen molar-refractivity contribution in [3.05, 3.63) is 64.8 Å². The number of urea groups is 1. The number of likely N-dealkylation sites (N-methyl/N-ethyl adjacent to an activating group) is 1. The van der Waals surface area contributed by atoms with E-state index < -0.39 is 0 Å². The van der Waals surface area contributed by atoms with Crippen LogP contribution in [-0.4, -0.2) is 35.7 Å². The predicted octanol–water partition coefficient (Wildman–Crippen LogP) is 6.22. The first-order chi connectivity index (χ1) is 16.5. The molecule has 1 aliphatic heterocycles. The van der Waals surface area contributed by atoms with Crippen molar-refractivity contribution in [2.75, 3.05) is 25.5 Å². The lowest BCUT2D eigenvalue weighted by Gasteiger charge is -2.28. The van der Waals surface area contributed by atoms with Crippen LogP contribution in [0.25, 0.3) is 5.00 Å². The molecule has 1 aromatic carbocycles. The Labute approximate surface area is 206 Å². The van der Waals surface area contributed by atoms with Gasteiger partial charge in [0.15, 0.2) is 0 Å². The molecule has 4 rings (SSSR count). The number of methoxy groups -OCH3 is 1. The molecule has 6 nitrogen and oxygen atoms in total. The maximum absolute atomic E-state index is 13.2. The van der Waals surface area contributed by atoms with Gasteiger partial charge in [-0.25, -0.2) is 4.79 Å². The average molecular weight is 481 g/mol. The Morgan fingerprint density at radius 1 is 1.15 bits per heavy atom. The smallest absolute Gasteiger partial charge is 0.319 e. The lowest BCUT2D eigenvalue weighted by Crippen LogP contribution is -2.35. The molecular weight excluding hydrogens is 444 g/mol. The Bertz CT molecular complexity index is 1090. The van der Waals surface area contributed by atoms with Crippen LogP contribution in [0.2, 0.25) is 0 Å². The van der Waals surface area contributed by atoms with E-state index in [0.29, 0.717) is 17.4 Å². The van der Waals surface area contributed by atoms with E-state index in [2.05, 4.69) is 65.4 Å². The first-order valence-corrected chi connectivity index (χ1v) is 13.0. The fourth-order valence-electron chi connectivity index (χ4n) is 4.61. The summed E-state index contributed by atoms with van der Waals surface area (Å²) in [5, 5.41) is 7.55. The highest BCUT2D eigenvalue weighted by atomic mass is 32.1. The number of carbonyl (C=O) groups excluding carboxylic acids is 1. The van der Waals surface area contributed by atoms with E-state index in [1.165, 1.54) is 21.0 Å². The monoisotopic (exact) mass is 480 g/mol. The van der Waals surface area contributed by atoms with Gasteiger partial charge in [-0.15, -0.1) is 11.3 Å². The number of ether oxygens (including phenoxy) is 1. The second-order valence-corrected chi connectivity index (χ2v) is 10.3. The number of carbonyl (C=O) groups is 1. The van der Waals surface area contributed by atoms with Gasteiger partial charge in [0.2, 0.25) is 0 Å². The van der Waals surface area contributed by atoms with Crippen LogP contribution in [0.4, 0.5) is 10.5 Å². The molecule has 2 aromatic heterocycles. The van der Waals surface area contributed by atoms with Crippen LogP contribution in [0, 0.1) is 5.92 Å². The normalized spacial score (nSPS) is 14.6. The van der Waals surface area contributed by atoms with Gasteiger partial charge in [-0.1, -0.05) is 32.9 Å². The number of aromatic nitrogens is 1. The van der Waals surface area contributed by atoms with Gasteiger partial charge in [-0.3, -0.25) is 4.90 Å². The van der Waals surface area contributed by atoms with Crippen LogP contribution >= 0.6 is 11.3 Å². The van der Waals surface area contributed by atoms with Gasteiger partial charge >= 0.3 is 6.03 Å². The minimum Gasteiger partial charge on any atom is -0.495 e. The van der Waals surface area contributed by atoms with Gasteiger partial charge in [0.25, 0.3) is 0 Å². The standard InChI is InChI=1S/C27H36N4O2S/c1-5-30-17-14-20-24(18-30)34-26(31-15-8-9-16-31)25(20)22(13-12-19(2)3)29-27(32)28-21-10-6-7-11-23(21)33-4/h6-11,15-16,19,22H,5,12-14,17-18H2,1-4H3,(H2,28,29,32)/t22-/m1/s1. The molecule has 182 valence electrons. The number of anilines is 1. The van der Waals surface area contributed by atoms with Gasteiger partial charge in [-0.05, 0) is 61.6 Å². The third kappa shape index (κ3) is 5.47. The van der Waals surface area contributed by atoms with E-state index >= 15 is 0 Å². The fraction of sp³-hybridized carbons (Fsp3) is 0.444. The van der Waals surface area contributed by atoms with Crippen LogP contribution in [0.1, 0.15) is 55.7 Å². The SMILES string of the molecule is CCN1CCc2c(sc(-n3cccc3)c2[C@@H](CCC(C)C)NC(=O)Nc2ccccc2OC)C1. The molecule has 3 heterocycles. The minimum absolute atomic E-state index is 0.0670. The molecule has 0 radical (unpaired) electrons. The van der Waals surface area contributed by atoms with E-state index in [9.17, 15) is 4.79 Å². The molecule has 1 aliphatic rings. The number of nitrogens with one attached hydrogen (secondary N) is 2. The number of fused-ring (bicyclic) bond motifs is 1. The number of benzene rings is 1. The number of para-hydroxylation sites is 2. The van der Waals surface area contributed by atoms with Crippen LogP contribution in [-0.2, 0) is 13.0 Å². The highest BCUT2D eigenvalue weighted by molar-refractivity contribution is 7.15. The molecule has 0 unspecified atom stereocenters. The Hall–Kier alpha value is -2.77. The zero-order valence-corrected chi connectivity index (χ0v) is 21.5. The summed E-state index contributed by atoms with van der Waals surface area (Å²) in [6.45, 7) is 9.79. The topological polar surface area (TPSA) is 58.5 Å². The lowest BCUT2D eigenvalue weighted by atomic mass is 9.92. The Balaban J connectivity index is 1.67.